The fourth-order valence-corrected chi connectivity index (χ4v) is 2.79. The molecular formula is C16H15N3O3. The Kier molecular flexibility index (Phi) is 2.79. The minimum absolute atomic E-state index is 0.0420. The number of hydrogen-bond acceptors (Lipinski definition) is 5. The second-order valence-corrected chi connectivity index (χ2v) is 5.64. The number of aromatic nitrogens is 2. The van der Waals surface area contributed by atoms with E-state index in [4.69, 9.17) is 8.83 Å². The van der Waals surface area contributed by atoms with Crippen molar-refractivity contribution in [2.24, 2.45) is 5.92 Å². The molecule has 4 rings (SSSR count). The predicted molar refractivity (Wildman–Crippen MR) is 79.5 cm³/mol. The SMILES string of the molecule is Cc1oc2ncnc(NC(=O)C3CC3c3ccco3)c2c1C. The molecule has 0 saturated heterocycles. The average Bonchev–Trinajstić information content (AvgIpc) is 3.00. The standard InChI is InChI=1S/C16H15N3O3/c1-8-9(2)22-16-13(8)14(17-7-18-16)19-15(20)11-6-10(11)12-4-3-5-21-12/h3-5,7,10-11H,6H2,1-2H3,(H,17,18,19,20). The van der Waals surface area contributed by atoms with E-state index in [1.165, 1.54) is 6.33 Å². The predicted octanol–water partition coefficient (Wildman–Crippen LogP) is 3.17. The molecule has 2 atom stereocenters. The Balaban J connectivity index is 1.58. The summed E-state index contributed by atoms with van der Waals surface area (Å²) < 4.78 is 10.9. The molecule has 22 heavy (non-hydrogen) atoms. The van der Waals surface area contributed by atoms with Crippen molar-refractivity contribution in [3.63, 3.8) is 0 Å². The molecule has 3 heterocycles. The zero-order valence-corrected chi connectivity index (χ0v) is 12.3. The summed E-state index contributed by atoms with van der Waals surface area (Å²) in [7, 11) is 0. The molecule has 1 N–H and O–H groups in total. The molecule has 0 bridgehead atoms. The molecule has 6 heteroatoms. The molecule has 0 aromatic carbocycles. The zero-order chi connectivity index (χ0) is 15.3. The van der Waals surface area contributed by atoms with Crippen molar-refractivity contribution in [2.45, 2.75) is 26.2 Å². The van der Waals surface area contributed by atoms with Crippen molar-refractivity contribution in [3.8, 4) is 0 Å². The molecule has 0 radical (unpaired) electrons. The molecule has 6 nitrogen and oxygen atoms in total. The number of nitrogens with zero attached hydrogens (tertiary/aromatic N) is 2. The highest BCUT2D eigenvalue weighted by Crippen LogP contribution is 2.48. The van der Waals surface area contributed by atoms with Gasteiger partial charge in [-0.1, -0.05) is 0 Å². The minimum Gasteiger partial charge on any atom is -0.469 e. The maximum Gasteiger partial charge on any atom is 0.231 e. The number of aryl methyl sites for hydroxylation is 2. The summed E-state index contributed by atoms with van der Waals surface area (Å²) in [6.07, 6.45) is 3.84. The number of fused-ring (bicyclic) bond motifs is 1. The van der Waals surface area contributed by atoms with E-state index in [2.05, 4.69) is 15.3 Å². The van der Waals surface area contributed by atoms with Crippen LogP contribution in [0, 0.1) is 19.8 Å². The van der Waals surface area contributed by atoms with Crippen LogP contribution in [-0.4, -0.2) is 15.9 Å². The minimum atomic E-state index is -0.0653. The van der Waals surface area contributed by atoms with Crippen LogP contribution in [0.5, 0.6) is 0 Å². The van der Waals surface area contributed by atoms with Gasteiger partial charge >= 0.3 is 0 Å². The van der Waals surface area contributed by atoms with E-state index < -0.39 is 0 Å². The molecule has 0 spiro atoms. The van der Waals surface area contributed by atoms with Crippen LogP contribution >= 0.6 is 0 Å². The quantitative estimate of drug-likeness (QED) is 0.803. The van der Waals surface area contributed by atoms with Gasteiger partial charge in [-0.2, -0.15) is 0 Å². The molecule has 3 aromatic heterocycles. The third kappa shape index (κ3) is 1.99. The summed E-state index contributed by atoms with van der Waals surface area (Å²) >= 11 is 0. The van der Waals surface area contributed by atoms with Crippen LogP contribution in [-0.2, 0) is 4.79 Å². The van der Waals surface area contributed by atoms with Crippen molar-refractivity contribution >= 4 is 22.8 Å². The fraction of sp³-hybridized carbons (Fsp3) is 0.312. The van der Waals surface area contributed by atoms with Crippen molar-refractivity contribution < 1.29 is 13.6 Å². The molecule has 0 aliphatic heterocycles. The van der Waals surface area contributed by atoms with Crippen molar-refractivity contribution in [2.75, 3.05) is 5.32 Å². The lowest BCUT2D eigenvalue weighted by Crippen LogP contribution is -2.15. The highest BCUT2D eigenvalue weighted by molar-refractivity contribution is 6.01. The van der Waals surface area contributed by atoms with E-state index in [-0.39, 0.29) is 17.7 Å². The summed E-state index contributed by atoms with van der Waals surface area (Å²) in [6.45, 7) is 3.80. The highest BCUT2D eigenvalue weighted by Gasteiger charge is 2.46. The number of anilines is 1. The van der Waals surface area contributed by atoms with Crippen molar-refractivity contribution in [3.05, 3.63) is 41.8 Å². The van der Waals surface area contributed by atoms with Gasteiger partial charge in [0.15, 0.2) is 0 Å². The van der Waals surface area contributed by atoms with Gasteiger partial charge in [-0.25, -0.2) is 9.97 Å². The number of hydrogen-bond donors (Lipinski definition) is 1. The van der Waals surface area contributed by atoms with Crippen LogP contribution in [0.2, 0.25) is 0 Å². The number of rotatable bonds is 3. The lowest BCUT2D eigenvalue weighted by atomic mass is 10.2. The largest absolute Gasteiger partial charge is 0.469 e. The van der Waals surface area contributed by atoms with Gasteiger partial charge < -0.3 is 14.2 Å². The Morgan fingerprint density at radius 2 is 2.23 bits per heavy atom. The van der Waals surface area contributed by atoms with E-state index in [1.807, 2.05) is 26.0 Å². The Hall–Kier alpha value is -2.63. The second-order valence-electron chi connectivity index (χ2n) is 5.64. The van der Waals surface area contributed by atoms with Crippen LogP contribution in [0.25, 0.3) is 11.1 Å². The molecule has 112 valence electrons. The highest BCUT2D eigenvalue weighted by atomic mass is 16.3. The Morgan fingerprint density at radius 3 is 3.00 bits per heavy atom. The molecule has 3 aromatic rings. The number of nitrogens with one attached hydrogen (secondary N) is 1. The van der Waals surface area contributed by atoms with Gasteiger partial charge in [0, 0.05) is 17.4 Å². The van der Waals surface area contributed by atoms with E-state index in [9.17, 15) is 4.79 Å². The van der Waals surface area contributed by atoms with Crippen molar-refractivity contribution in [1.82, 2.24) is 9.97 Å². The van der Waals surface area contributed by atoms with Crippen LogP contribution in [0.4, 0.5) is 5.82 Å². The summed E-state index contributed by atoms with van der Waals surface area (Å²) in [5.41, 5.74) is 1.45. The summed E-state index contributed by atoms with van der Waals surface area (Å²) in [5.74, 6) is 2.22. The topological polar surface area (TPSA) is 81.2 Å². The second kappa shape index (κ2) is 4.69. The fourth-order valence-electron chi connectivity index (χ4n) is 2.79. The number of furan rings is 2. The molecule has 1 saturated carbocycles. The van der Waals surface area contributed by atoms with Gasteiger partial charge in [0.1, 0.15) is 23.7 Å². The third-order valence-corrected chi connectivity index (χ3v) is 4.24. The summed E-state index contributed by atoms with van der Waals surface area (Å²) in [6, 6.07) is 3.75. The van der Waals surface area contributed by atoms with Gasteiger partial charge in [-0.15, -0.1) is 0 Å². The number of carbonyl (C=O) groups excluding carboxylic acids is 1. The van der Waals surface area contributed by atoms with E-state index in [0.717, 1.165) is 28.9 Å². The summed E-state index contributed by atoms with van der Waals surface area (Å²) in [5, 5.41) is 3.67. The maximum absolute atomic E-state index is 12.4. The van der Waals surface area contributed by atoms with Crippen LogP contribution in [0.3, 0.4) is 0 Å². The van der Waals surface area contributed by atoms with E-state index in [1.54, 1.807) is 6.26 Å². The smallest absolute Gasteiger partial charge is 0.231 e. The van der Waals surface area contributed by atoms with Gasteiger partial charge in [0.25, 0.3) is 0 Å². The first-order chi connectivity index (χ1) is 10.6. The summed E-state index contributed by atoms with van der Waals surface area (Å²) in [4.78, 5) is 20.7. The zero-order valence-electron chi connectivity index (χ0n) is 12.3. The van der Waals surface area contributed by atoms with Crippen molar-refractivity contribution in [1.29, 1.82) is 0 Å². The molecule has 2 unspecified atom stereocenters. The monoisotopic (exact) mass is 297 g/mol. The van der Waals surface area contributed by atoms with E-state index >= 15 is 0 Å². The lowest BCUT2D eigenvalue weighted by molar-refractivity contribution is -0.117. The normalized spacial score (nSPS) is 20.3. The van der Waals surface area contributed by atoms with E-state index in [0.29, 0.717) is 11.5 Å². The Bertz CT molecular complexity index is 851. The molecule has 1 amide bonds. The Labute approximate surface area is 126 Å². The first-order valence-corrected chi connectivity index (χ1v) is 7.20. The van der Waals surface area contributed by atoms with Gasteiger partial charge in [-0.05, 0) is 32.4 Å². The maximum atomic E-state index is 12.4. The van der Waals surface area contributed by atoms with Crippen LogP contribution < -0.4 is 5.32 Å². The van der Waals surface area contributed by atoms with Crippen LogP contribution in [0.1, 0.15) is 29.4 Å². The molecular weight excluding hydrogens is 282 g/mol. The average molecular weight is 297 g/mol. The first kappa shape index (κ1) is 13.1. The van der Waals surface area contributed by atoms with Gasteiger partial charge in [-0.3, -0.25) is 4.79 Å². The number of carbonyl (C=O) groups is 1. The lowest BCUT2D eigenvalue weighted by Gasteiger charge is -2.04. The van der Waals surface area contributed by atoms with Crippen LogP contribution in [0.15, 0.2) is 33.6 Å². The number of amides is 1. The van der Waals surface area contributed by atoms with Gasteiger partial charge in [0.05, 0.1) is 11.6 Å². The van der Waals surface area contributed by atoms with Gasteiger partial charge in [0.2, 0.25) is 11.6 Å². The molecule has 1 aliphatic carbocycles. The Morgan fingerprint density at radius 1 is 1.36 bits per heavy atom. The first-order valence-electron chi connectivity index (χ1n) is 7.20. The third-order valence-electron chi connectivity index (χ3n) is 4.24. The molecule has 1 fully saturated rings. The molecule has 1 aliphatic rings.